The molecule has 1 nitrogen and oxygen atoms in total. The van der Waals surface area contributed by atoms with E-state index in [1.807, 2.05) is 13.8 Å². The van der Waals surface area contributed by atoms with Crippen molar-refractivity contribution in [1.82, 2.24) is 0 Å². The fraction of sp³-hybridized carbons (Fsp3) is 1.00. The van der Waals surface area contributed by atoms with Crippen LogP contribution in [0.1, 0.15) is 95.9 Å². The van der Waals surface area contributed by atoms with Gasteiger partial charge in [-0.25, -0.2) is 0 Å². The van der Waals surface area contributed by atoms with Gasteiger partial charge in [0.25, 0.3) is 0 Å². The van der Waals surface area contributed by atoms with Crippen LogP contribution >= 0.6 is 0 Å². The first-order valence-corrected chi connectivity index (χ1v) is 6.32. The smallest absolute Gasteiger partial charge is 0.0437 e. The zero-order valence-electron chi connectivity index (χ0n) is 11.4. The second-order valence-electron chi connectivity index (χ2n) is 3.14. The van der Waals surface area contributed by atoms with Crippen LogP contribution in [-0.2, 0) is 4.74 Å². The van der Waals surface area contributed by atoms with E-state index in [2.05, 4.69) is 27.7 Å². The van der Waals surface area contributed by atoms with Crippen molar-refractivity contribution >= 4 is 0 Å². The Hall–Kier alpha value is -0.0400. The molecule has 0 fully saturated rings. The second-order valence-corrected chi connectivity index (χ2v) is 3.14. The fourth-order valence-corrected chi connectivity index (χ4v) is 0.558. The molecular weight excluding hydrogens is 208 g/mol. The van der Waals surface area contributed by atoms with E-state index in [0.29, 0.717) is 0 Å². The lowest BCUT2D eigenvalue weighted by atomic mass is 10.3. The van der Waals surface area contributed by atoms with Gasteiger partial charge in [-0.05, 0) is 13.8 Å². The van der Waals surface area contributed by atoms with Gasteiger partial charge >= 0.3 is 0 Å². The first-order chi connectivity index (χ1) is 6.74. The summed E-state index contributed by atoms with van der Waals surface area (Å²) in [5.74, 6) is 0. The SMILES string of the molecule is C.C.C.CCCC.CCCCC.CCOCC. The van der Waals surface area contributed by atoms with Crippen LogP contribution in [-0.4, -0.2) is 13.2 Å². The van der Waals surface area contributed by atoms with Gasteiger partial charge < -0.3 is 4.74 Å². The molecule has 0 atom stereocenters. The molecule has 0 rings (SSSR count). The highest BCUT2D eigenvalue weighted by atomic mass is 16.5. The summed E-state index contributed by atoms with van der Waals surface area (Å²) in [7, 11) is 0. The monoisotopic (exact) mass is 252 g/mol. The van der Waals surface area contributed by atoms with Crippen LogP contribution in [0.4, 0.5) is 0 Å². The lowest BCUT2D eigenvalue weighted by Gasteiger charge is -1.86. The summed E-state index contributed by atoms with van der Waals surface area (Å²) in [5, 5.41) is 0. The molecule has 114 valence electrons. The van der Waals surface area contributed by atoms with Gasteiger partial charge in [0.05, 0.1) is 0 Å². The zero-order chi connectivity index (χ0) is 11.7. The minimum Gasteiger partial charge on any atom is -0.382 e. The van der Waals surface area contributed by atoms with Gasteiger partial charge in [-0.2, -0.15) is 0 Å². The maximum Gasteiger partial charge on any atom is 0.0437 e. The molecule has 0 N–H and O–H groups in total. The molecule has 0 aliphatic rings. The first kappa shape index (κ1) is 36.0. The Bertz CT molecular complexity index is 41.5. The van der Waals surface area contributed by atoms with Crippen molar-refractivity contribution in [3.8, 4) is 0 Å². The second kappa shape index (κ2) is 56.4. The minimum absolute atomic E-state index is 0. The summed E-state index contributed by atoms with van der Waals surface area (Å²) in [6.45, 7) is 14.5. The fourth-order valence-electron chi connectivity index (χ4n) is 0.558. The quantitative estimate of drug-likeness (QED) is 0.514. The summed E-state index contributed by atoms with van der Waals surface area (Å²) in [6.07, 6.45) is 6.72. The molecule has 0 saturated carbocycles. The molecular formula is C16H44O. The van der Waals surface area contributed by atoms with Crippen LogP contribution in [0.15, 0.2) is 0 Å². The zero-order valence-corrected chi connectivity index (χ0v) is 11.4. The van der Waals surface area contributed by atoms with Gasteiger partial charge in [0.1, 0.15) is 0 Å². The van der Waals surface area contributed by atoms with E-state index in [1.54, 1.807) is 0 Å². The van der Waals surface area contributed by atoms with Gasteiger partial charge in [-0.1, -0.05) is 82.1 Å². The minimum atomic E-state index is 0. The van der Waals surface area contributed by atoms with Gasteiger partial charge in [0.15, 0.2) is 0 Å². The highest BCUT2D eigenvalue weighted by Gasteiger charge is 1.68. The third-order valence-corrected chi connectivity index (χ3v) is 1.62. The molecule has 0 aromatic heterocycles. The predicted octanol–water partition coefficient (Wildman–Crippen LogP) is 6.95. The Morgan fingerprint density at radius 3 is 0.824 bits per heavy atom. The molecule has 0 aromatic carbocycles. The van der Waals surface area contributed by atoms with Crippen molar-refractivity contribution in [2.24, 2.45) is 0 Å². The van der Waals surface area contributed by atoms with Crippen LogP contribution in [0.3, 0.4) is 0 Å². The summed E-state index contributed by atoms with van der Waals surface area (Å²) in [4.78, 5) is 0. The Morgan fingerprint density at radius 2 is 0.824 bits per heavy atom. The van der Waals surface area contributed by atoms with E-state index in [-0.39, 0.29) is 22.3 Å². The molecule has 0 saturated heterocycles. The highest BCUT2D eigenvalue weighted by molar-refractivity contribution is 4.24. The molecule has 0 amide bonds. The third-order valence-electron chi connectivity index (χ3n) is 1.62. The lowest BCUT2D eigenvalue weighted by Crippen LogP contribution is -1.84. The number of ether oxygens (including phenoxy) is 1. The van der Waals surface area contributed by atoms with Crippen molar-refractivity contribution in [2.45, 2.75) is 95.9 Å². The Labute approximate surface area is 114 Å². The van der Waals surface area contributed by atoms with Crippen molar-refractivity contribution in [2.75, 3.05) is 13.2 Å². The van der Waals surface area contributed by atoms with Gasteiger partial charge in [0, 0.05) is 13.2 Å². The van der Waals surface area contributed by atoms with Gasteiger partial charge in [0.2, 0.25) is 0 Å². The Balaban J connectivity index is -0.0000000247. The normalized spacial score (nSPS) is 6.71. The molecule has 0 bridgehead atoms. The maximum absolute atomic E-state index is 4.83. The predicted molar refractivity (Wildman–Crippen MR) is 88.1 cm³/mol. The van der Waals surface area contributed by atoms with Crippen LogP contribution in [0.25, 0.3) is 0 Å². The van der Waals surface area contributed by atoms with E-state index >= 15 is 0 Å². The first-order valence-electron chi connectivity index (χ1n) is 6.32. The number of unbranched alkanes of at least 4 members (excludes halogenated alkanes) is 3. The topological polar surface area (TPSA) is 9.23 Å². The van der Waals surface area contributed by atoms with E-state index < -0.39 is 0 Å². The van der Waals surface area contributed by atoms with Crippen molar-refractivity contribution in [1.29, 1.82) is 0 Å². The van der Waals surface area contributed by atoms with E-state index in [4.69, 9.17) is 4.74 Å². The molecule has 0 heterocycles. The molecule has 0 radical (unpaired) electrons. The molecule has 0 aromatic rings. The van der Waals surface area contributed by atoms with Crippen LogP contribution in [0, 0.1) is 0 Å². The maximum atomic E-state index is 4.83. The van der Waals surface area contributed by atoms with Crippen LogP contribution in [0.5, 0.6) is 0 Å². The molecule has 17 heavy (non-hydrogen) atoms. The lowest BCUT2D eigenvalue weighted by molar-refractivity contribution is 0.162. The third kappa shape index (κ3) is 126. The number of hydrogen-bond acceptors (Lipinski definition) is 1. The van der Waals surface area contributed by atoms with Crippen molar-refractivity contribution in [3.63, 3.8) is 0 Å². The van der Waals surface area contributed by atoms with Gasteiger partial charge in [-0.3, -0.25) is 0 Å². The largest absolute Gasteiger partial charge is 0.382 e. The van der Waals surface area contributed by atoms with E-state index in [9.17, 15) is 0 Å². The highest BCUT2D eigenvalue weighted by Crippen LogP contribution is 1.88. The molecule has 1 heteroatoms. The standard InChI is InChI=1S/C5H12.C4H10O.C4H10.3CH4/c2*1-3-5-4-2;1-3-4-2;;;/h3-5H2,1-2H3;3-4H2,1-2H3;3-4H2,1-2H3;3*1H4. The summed E-state index contributed by atoms with van der Waals surface area (Å²) in [6, 6.07) is 0. The summed E-state index contributed by atoms with van der Waals surface area (Å²) in [5.41, 5.74) is 0. The van der Waals surface area contributed by atoms with Crippen molar-refractivity contribution in [3.05, 3.63) is 0 Å². The van der Waals surface area contributed by atoms with E-state index in [1.165, 1.54) is 32.1 Å². The molecule has 0 aliphatic heterocycles. The van der Waals surface area contributed by atoms with Crippen molar-refractivity contribution < 1.29 is 4.74 Å². The summed E-state index contributed by atoms with van der Waals surface area (Å²) >= 11 is 0. The molecule has 0 unspecified atom stereocenters. The molecule has 0 aliphatic carbocycles. The van der Waals surface area contributed by atoms with Gasteiger partial charge in [-0.15, -0.1) is 0 Å². The summed E-state index contributed by atoms with van der Waals surface area (Å²) < 4.78 is 4.83. The van der Waals surface area contributed by atoms with E-state index in [0.717, 1.165) is 13.2 Å². The number of rotatable bonds is 5. The Kier molecular flexibility index (Phi) is 119. The average Bonchev–Trinajstić information content (AvgIpc) is 2.22. The average molecular weight is 253 g/mol. The van der Waals surface area contributed by atoms with Crippen LogP contribution in [0.2, 0.25) is 0 Å². The van der Waals surface area contributed by atoms with Crippen LogP contribution < -0.4 is 0 Å². The number of hydrogen-bond donors (Lipinski definition) is 0. The Morgan fingerprint density at radius 1 is 0.529 bits per heavy atom. The molecule has 0 spiro atoms.